The van der Waals surface area contributed by atoms with Crippen LogP contribution in [0.3, 0.4) is 0 Å². The molecule has 2 aromatic rings. The molecule has 2 aromatic heterocycles. The van der Waals surface area contributed by atoms with Gasteiger partial charge in [-0.15, -0.1) is 22.7 Å². The molecule has 294 valence electrons. The average Bonchev–Trinajstić information content (AvgIpc) is 3.69. The van der Waals surface area contributed by atoms with Crippen LogP contribution >= 0.6 is 22.7 Å². The van der Waals surface area contributed by atoms with E-state index in [0.29, 0.717) is 0 Å². The molecule has 1 aliphatic rings. The van der Waals surface area contributed by atoms with Gasteiger partial charge in [0.2, 0.25) is 0 Å². The van der Waals surface area contributed by atoms with E-state index in [9.17, 15) is 0 Å². The molecule has 0 saturated carbocycles. The smallest absolute Gasteiger partial charge is 0.0489 e. The lowest BCUT2D eigenvalue weighted by Crippen LogP contribution is -2.31. The Labute approximate surface area is 324 Å². The van der Waals surface area contributed by atoms with Crippen molar-refractivity contribution in [3.8, 4) is 9.75 Å². The molecule has 2 heterocycles. The third-order valence-corrected chi connectivity index (χ3v) is 13.2. The Morgan fingerprint density at radius 3 is 1.00 bits per heavy atom. The molecular formula is C43H80N6S2. The molecule has 0 N–H and O–H groups in total. The Morgan fingerprint density at radius 2 is 0.686 bits per heavy atom. The van der Waals surface area contributed by atoms with Crippen molar-refractivity contribution in [1.82, 2.24) is 29.4 Å². The highest BCUT2D eigenvalue weighted by molar-refractivity contribution is 7.22. The largest absolute Gasteiger partial charge is 0.309 e. The van der Waals surface area contributed by atoms with Crippen molar-refractivity contribution >= 4 is 22.7 Å². The van der Waals surface area contributed by atoms with Crippen molar-refractivity contribution < 1.29 is 0 Å². The van der Waals surface area contributed by atoms with Gasteiger partial charge in [-0.05, 0) is 210 Å². The molecule has 0 fully saturated rings. The molecule has 0 amide bonds. The summed E-state index contributed by atoms with van der Waals surface area (Å²) in [7, 11) is 17.6. The number of rotatable bonds is 30. The molecule has 0 aliphatic heterocycles. The van der Waals surface area contributed by atoms with E-state index in [0.717, 1.165) is 0 Å². The topological polar surface area (TPSA) is 19.4 Å². The first-order chi connectivity index (χ1) is 24.4. The van der Waals surface area contributed by atoms with Crippen molar-refractivity contribution in [2.24, 2.45) is 0 Å². The summed E-state index contributed by atoms with van der Waals surface area (Å²) in [6.07, 6.45) is 18.5. The van der Waals surface area contributed by atoms with Crippen LogP contribution in [0.1, 0.15) is 111 Å². The maximum atomic E-state index is 2.75. The van der Waals surface area contributed by atoms with Gasteiger partial charge in [-0.3, -0.25) is 0 Å². The third kappa shape index (κ3) is 15.8. The van der Waals surface area contributed by atoms with Gasteiger partial charge in [0.05, 0.1) is 0 Å². The molecular weight excluding hydrogens is 665 g/mol. The fourth-order valence-corrected chi connectivity index (χ4v) is 10.6. The highest BCUT2D eigenvalue weighted by Gasteiger charge is 2.44. The van der Waals surface area contributed by atoms with Gasteiger partial charge in [-0.2, -0.15) is 0 Å². The number of nitrogens with zero attached hydrogens (tertiary/aromatic N) is 6. The Kier molecular flexibility index (Phi) is 20.8. The van der Waals surface area contributed by atoms with E-state index in [1.165, 1.54) is 165 Å². The first-order valence-electron chi connectivity index (χ1n) is 20.7. The van der Waals surface area contributed by atoms with Crippen LogP contribution in [0.2, 0.25) is 0 Å². The minimum absolute atomic E-state index is 0.231. The number of hydrogen-bond donors (Lipinski definition) is 0. The van der Waals surface area contributed by atoms with E-state index in [-0.39, 0.29) is 5.41 Å². The highest BCUT2D eigenvalue weighted by Crippen LogP contribution is 2.59. The maximum absolute atomic E-state index is 2.75. The van der Waals surface area contributed by atoms with Crippen molar-refractivity contribution in [3.63, 3.8) is 0 Å². The number of fused-ring (bicyclic) bond motifs is 3. The van der Waals surface area contributed by atoms with Crippen molar-refractivity contribution in [2.45, 2.75) is 109 Å². The van der Waals surface area contributed by atoms with Gasteiger partial charge in [0.15, 0.2) is 0 Å². The molecule has 3 rings (SSSR count). The van der Waals surface area contributed by atoms with E-state index >= 15 is 0 Å². The molecule has 51 heavy (non-hydrogen) atoms. The number of hydrogen-bond acceptors (Lipinski definition) is 8. The zero-order valence-corrected chi connectivity index (χ0v) is 36.8. The first kappa shape index (κ1) is 44.6. The number of thiophene rings is 2. The predicted octanol–water partition coefficient (Wildman–Crippen LogP) is 9.00. The lowest BCUT2D eigenvalue weighted by molar-refractivity contribution is 0.235. The van der Waals surface area contributed by atoms with Crippen LogP contribution in [0.4, 0.5) is 0 Å². The second-order valence-electron chi connectivity index (χ2n) is 16.9. The molecule has 0 spiro atoms. The van der Waals surface area contributed by atoms with Crippen LogP contribution in [0.25, 0.3) is 9.75 Å². The Morgan fingerprint density at radius 1 is 0.392 bits per heavy atom. The average molecular weight is 745 g/mol. The van der Waals surface area contributed by atoms with Gasteiger partial charge in [-0.1, -0.05) is 38.5 Å². The Bertz CT molecular complexity index is 1080. The van der Waals surface area contributed by atoms with E-state index < -0.39 is 0 Å². The van der Waals surface area contributed by atoms with Crippen LogP contribution in [0, 0.1) is 13.8 Å². The van der Waals surface area contributed by atoms with Crippen LogP contribution in [0.15, 0.2) is 12.1 Å². The molecule has 1 aliphatic carbocycles. The van der Waals surface area contributed by atoms with Gasteiger partial charge >= 0.3 is 0 Å². The minimum atomic E-state index is 0.231. The Hall–Kier alpha value is -0.840. The highest BCUT2D eigenvalue weighted by atomic mass is 32.1. The fraction of sp³-hybridized carbons (Fsp3) is 0.814. The van der Waals surface area contributed by atoms with Gasteiger partial charge in [0.1, 0.15) is 0 Å². The van der Waals surface area contributed by atoms with Crippen LogP contribution in [-0.2, 0) is 5.41 Å². The third-order valence-electron chi connectivity index (χ3n) is 10.9. The fourth-order valence-electron chi connectivity index (χ4n) is 8.23. The van der Waals surface area contributed by atoms with Gasteiger partial charge in [0, 0.05) is 24.9 Å². The summed E-state index contributed by atoms with van der Waals surface area (Å²) in [5, 5.41) is 0. The predicted molar refractivity (Wildman–Crippen MR) is 230 cm³/mol. The quantitative estimate of drug-likeness (QED) is 0.0739. The summed E-state index contributed by atoms with van der Waals surface area (Å²) < 4.78 is 0. The molecule has 0 saturated heterocycles. The van der Waals surface area contributed by atoms with Crippen molar-refractivity contribution in [1.29, 1.82) is 0 Å². The summed E-state index contributed by atoms with van der Waals surface area (Å²) in [5.74, 6) is 0. The van der Waals surface area contributed by atoms with Gasteiger partial charge in [0.25, 0.3) is 0 Å². The second-order valence-corrected chi connectivity index (χ2v) is 19.4. The summed E-state index contributed by atoms with van der Waals surface area (Å²) in [4.78, 5) is 21.0. The SMILES string of the molecule is Cc1cc2c(s1)-c1sc(C)cc1C2(CCCCCCN(CCCN(C)C)CCCN(C)C)CCCCCCN(CCCN(C)C)CCCN(C)C. The summed E-state index contributed by atoms with van der Waals surface area (Å²) in [5.41, 5.74) is 3.61. The lowest BCUT2D eigenvalue weighted by Gasteiger charge is -2.32. The van der Waals surface area contributed by atoms with Gasteiger partial charge < -0.3 is 29.4 Å². The summed E-state index contributed by atoms with van der Waals surface area (Å²) in [6, 6.07) is 5.17. The molecule has 6 nitrogen and oxygen atoms in total. The summed E-state index contributed by atoms with van der Waals surface area (Å²) >= 11 is 4.11. The zero-order valence-electron chi connectivity index (χ0n) is 35.1. The minimum Gasteiger partial charge on any atom is -0.309 e. The first-order valence-corrected chi connectivity index (χ1v) is 22.3. The van der Waals surface area contributed by atoms with E-state index in [1.54, 1.807) is 20.9 Å². The molecule has 0 aromatic carbocycles. The normalized spacial score (nSPS) is 14.0. The summed E-state index contributed by atoms with van der Waals surface area (Å²) in [6.45, 7) is 16.9. The van der Waals surface area contributed by atoms with E-state index in [4.69, 9.17) is 0 Å². The Balaban J connectivity index is 1.54. The maximum Gasteiger partial charge on any atom is 0.0489 e. The van der Waals surface area contributed by atoms with E-state index in [2.05, 4.69) is 134 Å². The van der Waals surface area contributed by atoms with Crippen LogP contribution in [0.5, 0.6) is 0 Å². The number of aryl methyl sites for hydroxylation is 2. The second kappa shape index (κ2) is 23.8. The van der Waals surface area contributed by atoms with Crippen LogP contribution in [-0.4, -0.2) is 151 Å². The molecule has 0 bridgehead atoms. The standard InChI is InChI=1S/C43H80N6S2/c1-37-35-39-41(50-37)42-40(36-38(2)51-42)43(39,23-15-11-13-17-29-48(31-19-25-44(3)4)32-20-26-45(5)6)24-16-12-14-18-30-49(33-21-27-46(7)8)34-22-28-47(9)10/h35-36H,11-34H2,1-10H3. The lowest BCUT2D eigenvalue weighted by atomic mass is 9.71. The van der Waals surface area contributed by atoms with E-state index in [1.807, 2.05) is 0 Å². The van der Waals surface area contributed by atoms with Gasteiger partial charge in [-0.25, -0.2) is 0 Å². The van der Waals surface area contributed by atoms with Crippen molar-refractivity contribution in [3.05, 3.63) is 33.0 Å². The van der Waals surface area contributed by atoms with Crippen molar-refractivity contribution in [2.75, 3.05) is 122 Å². The monoisotopic (exact) mass is 745 g/mol. The zero-order chi connectivity index (χ0) is 37.2. The molecule has 0 radical (unpaired) electrons. The number of unbranched alkanes of at least 4 members (excludes halogenated alkanes) is 6. The molecule has 0 atom stereocenters. The molecule has 0 unspecified atom stereocenters. The van der Waals surface area contributed by atoms with Crippen LogP contribution < -0.4 is 0 Å². The molecule has 8 heteroatoms.